The second-order valence-corrected chi connectivity index (χ2v) is 6.41. The lowest BCUT2D eigenvalue weighted by Crippen LogP contribution is -2.54. The van der Waals surface area contributed by atoms with E-state index >= 15 is 0 Å². The summed E-state index contributed by atoms with van der Waals surface area (Å²) in [5.41, 5.74) is 1.35. The fraction of sp³-hybridized carbons (Fsp3) is 0.647. The van der Waals surface area contributed by atoms with Gasteiger partial charge in [0.1, 0.15) is 0 Å². The second-order valence-electron chi connectivity index (χ2n) is 6.41. The van der Waals surface area contributed by atoms with E-state index in [0.717, 1.165) is 19.4 Å². The highest BCUT2D eigenvalue weighted by Gasteiger charge is 2.38. The summed E-state index contributed by atoms with van der Waals surface area (Å²) in [6.07, 6.45) is 2.23. The quantitative estimate of drug-likeness (QED) is 0.766. The van der Waals surface area contributed by atoms with Crippen LogP contribution in [0.2, 0.25) is 0 Å². The summed E-state index contributed by atoms with van der Waals surface area (Å²) in [6, 6.07) is 11.1. The third-order valence-electron chi connectivity index (χ3n) is 4.28. The van der Waals surface area contributed by atoms with Crippen molar-refractivity contribution in [2.75, 3.05) is 26.4 Å². The number of nitrogens with one attached hydrogen (secondary N) is 1. The van der Waals surface area contributed by atoms with Crippen LogP contribution in [-0.4, -0.2) is 37.5 Å². The molecule has 0 spiro atoms. The van der Waals surface area contributed by atoms with Crippen LogP contribution in [0.4, 0.5) is 0 Å². The maximum atomic E-state index is 9.48. The number of aryl methyl sites for hydroxylation is 1. The highest BCUT2D eigenvalue weighted by molar-refractivity contribution is 5.14. The summed E-state index contributed by atoms with van der Waals surface area (Å²) in [6.45, 7) is 6.93. The van der Waals surface area contributed by atoms with Gasteiger partial charge in [0, 0.05) is 12.6 Å². The molecule has 1 aromatic rings. The van der Waals surface area contributed by atoms with Crippen LogP contribution in [0.25, 0.3) is 0 Å². The zero-order valence-electron chi connectivity index (χ0n) is 12.6. The van der Waals surface area contributed by atoms with Gasteiger partial charge in [-0.1, -0.05) is 44.2 Å². The third-order valence-corrected chi connectivity index (χ3v) is 4.28. The third kappa shape index (κ3) is 4.05. The van der Waals surface area contributed by atoms with E-state index in [1.54, 1.807) is 0 Å². The molecule has 0 amide bonds. The van der Waals surface area contributed by atoms with E-state index in [9.17, 15) is 5.11 Å². The molecule has 3 heteroatoms. The average Bonchev–Trinajstić information content (AvgIpc) is 2.42. The Morgan fingerprint density at radius 2 is 1.95 bits per heavy atom. The van der Waals surface area contributed by atoms with Gasteiger partial charge in [-0.3, -0.25) is 0 Å². The van der Waals surface area contributed by atoms with E-state index in [4.69, 9.17) is 4.74 Å². The van der Waals surface area contributed by atoms with Crippen molar-refractivity contribution < 1.29 is 9.84 Å². The van der Waals surface area contributed by atoms with Crippen molar-refractivity contribution in [3.63, 3.8) is 0 Å². The number of benzene rings is 1. The van der Waals surface area contributed by atoms with Crippen LogP contribution in [-0.2, 0) is 11.2 Å². The van der Waals surface area contributed by atoms with Crippen LogP contribution in [0.5, 0.6) is 0 Å². The van der Waals surface area contributed by atoms with Crippen LogP contribution in [0.15, 0.2) is 30.3 Å². The van der Waals surface area contributed by atoms with Crippen LogP contribution < -0.4 is 5.32 Å². The van der Waals surface area contributed by atoms with Crippen LogP contribution >= 0.6 is 0 Å². The number of hydrogen-bond acceptors (Lipinski definition) is 3. The molecule has 1 aliphatic rings. The molecule has 2 rings (SSSR count). The van der Waals surface area contributed by atoms with E-state index in [1.807, 2.05) is 0 Å². The maximum absolute atomic E-state index is 9.48. The van der Waals surface area contributed by atoms with Gasteiger partial charge in [-0.2, -0.15) is 0 Å². The van der Waals surface area contributed by atoms with E-state index in [-0.39, 0.29) is 12.0 Å². The first kappa shape index (κ1) is 15.5. The van der Waals surface area contributed by atoms with Gasteiger partial charge in [-0.05, 0) is 24.3 Å². The van der Waals surface area contributed by atoms with Crippen LogP contribution in [0.1, 0.15) is 25.8 Å². The first-order valence-corrected chi connectivity index (χ1v) is 7.61. The molecule has 1 heterocycles. The topological polar surface area (TPSA) is 41.5 Å². The Kier molecular flexibility index (Phi) is 5.58. The van der Waals surface area contributed by atoms with Crippen molar-refractivity contribution >= 4 is 0 Å². The molecule has 2 N–H and O–H groups in total. The number of hydrogen-bond donors (Lipinski definition) is 2. The molecule has 3 nitrogen and oxygen atoms in total. The molecular formula is C17H27NO2. The standard InChI is InChI=1S/C17H27NO2/c1-14(2)16(9-8-15-6-4-3-5-7-15)18-10-17(11-19)12-20-13-17/h3-7,14,16,18-19H,8-13H2,1-2H3. The predicted molar refractivity (Wildman–Crippen MR) is 81.7 cm³/mol. The van der Waals surface area contributed by atoms with E-state index < -0.39 is 0 Å². The number of aliphatic hydroxyl groups is 1. The van der Waals surface area contributed by atoms with E-state index in [0.29, 0.717) is 25.2 Å². The minimum atomic E-state index is -0.0418. The molecule has 112 valence electrons. The lowest BCUT2D eigenvalue weighted by molar-refractivity contribution is -0.135. The van der Waals surface area contributed by atoms with Gasteiger partial charge in [-0.25, -0.2) is 0 Å². The Bertz CT molecular complexity index is 382. The molecule has 1 aliphatic heterocycles. The van der Waals surface area contributed by atoms with Gasteiger partial charge in [0.15, 0.2) is 0 Å². The van der Waals surface area contributed by atoms with Crippen molar-refractivity contribution in [2.45, 2.75) is 32.7 Å². The van der Waals surface area contributed by atoms with Crippen molar-refractivity contribution in [1.29, 1.82) is 0 Å². The fourth-order valence-electron chi connectivity index (χ4n) is 2.63. The first-order valence-electron chi connectivity index (χ1n) is 7.61. The highest BCUT2D eigenvalue weighted by atomic mass is 16.5. The second kappa shape index (κ2) is 7.21. The Labute approximate surface area is 122 Å². The molecule has 0 aromatic heterocycles. The smallest absolute Gasteiger partial charge is 0.0579 e. The van der Waals surface area contributed by atoms with Gasteiger partial charge >= 0.3 is 0 Å². The van der Waals surface area contributed by atoms with E-state index in [2.05, 4.69) is 49.5 Å². The summed E-state index contributed by atoms with van der Waals surface area (Å²) >= 11 is 0. The maximum Gasteiger partial charge on any atom is 0.0579 e. The Hall–Kier alpha value is -0.900. The molecular weight excluding hydrogens is 250 g/mol. The lowest BCUT2D eigenvalue weighted by atomic mass is 9.86. The van der Waals surface area contributed by atoms with E-state index in [1.165, 1.54) is 5.56 Å². The zero-order chi connectivity index (χ0) is 14.4. The SMILES string of the molecule is CC(C)C(CCc1ccccc1)NCC1(CO)COC1. The molecule has 1 saturated heterocycles. The van der Waals surface area contributed by atoms with Gasteiger partial charge in [0.05, 0.1) is 25.2 Å². The Morgan fingerprint density at radius 1 is 1.25 bits per heavy atom. The number of rotatable bonds is 8. The van der Waals surface area contributed by atoms with Crippen LogP contribution in [0, 0.1) is 11.3 Å². The largest absolute Gasteiger partial charge is 0.396 e. The molecule has 1 atom stereocenters. The van der Waals surface area contributed by atoms with Crippen LogP contribution in [0.3, 0.4) is 0 Å². The zero-order valence-corrected chi connectivity index (χ0v) is 12.6. The summed E-state index contributed by atoms with van der Waals surface area (Å²) in [4.78, 5) is 0. The van der Waals surface area contributed by atoms with Crippen molar-refractivity contribution in [2.24, 2.45) is 11.3 Å². The molecule has 0 bridgehead atoms. The summed E-state index contributed by atoms with van der Waals surface area (Å²) in [7, 11) is 0. The molecule has 1 fully saturated rings. The molecule has 20 heavy (non-hydrogen) atoms. The molecule has 1 aromatic carbocycles. The number of aliphatic hydroxyl groups excluding tert-OH is 1. The fourth-order valence-corrected chi connectivity index (χ4v) is 2.63. The highest BCUT2D eigenvalue weighted by Crippen LogP contribution is 2.26. The number of ether oxygens (including phenoxy) is 1. The summed E-state index contributed by atoms with van der Waals surface area (Å²) < 4.78 is 5.25. The minimum Gasteiger partial charge on any atom is -0.396 e. The van der Waals surface area contributed by atoms with Gasteiger partial charge in [0.25, 0.3) is 0 Å². The van der Waals surface area contributed by atoms with Gasteiger partial charge < -0.3 is 15.2 Å². The van der Waals surface area contributed by atoms with Crippen molar-refractivity contribution in [1.82, 2.24) is 5.32 Å². The lowest BCUT2D eigenvalue weighted by Gasteiger charge is -2.41. The summed E-state index contributed by atoms with van der Waals surface area (Å²) in [5, 5.41) is 13.1. The summed E-state index contributed by atoms with van der Waals surface area (Å²) in [5.74, 6) is 0.593. The molecule has 0 radical (unpaired) electrons. The Morgan fingerprint density at radius 3 is 2.45 bits per heavy atom. The van der Waals surface area contributed by atoms with Crippen molar-refractivity contribution in [3.8, 4) is 0 Å². The molecule has 1 unspecified atom stereocenters. The van der Waals surface area contributed by atoms with Crippen molar-refractivity contribution in [3.05, 3.63) is 35.9 Å². The normalized spacial score (nSPS) is 18.8. The minimum absolute atomic E-state index is 0.0418. The average molecular weight is 277 g/mol. The predicted octanol–water partition coefficient (Wildman–Crippen LogP) is 2.24. The molecule has 0 saturated carbocycles. The Balaban J connectivity index is 1.81. The molecule has 0 aliphatic carbocycles. The van der Waals surface area contributed by atoms with Gasteiger partial charge in [0.2, 0.25) is 0 Å². The van der Waals surface area contributed by atoms with Gasteiger partial charge in [-0.15, -0.1) is 0 Å². The monoisotopic (exact) mass is 277 g/mol. The first-order chi connectivity index (χ1) is 9.65.